The fourth-order valence-corrected chi connectivity index (χ4v) is 2.71. The van der Waals surface area contributed by atoms with Crippen molar-refractivity contribution >= 4 is 23.2 Å². The quantitative estimate of drug-likeness (QED) is 0.772. The Morgan fingerprint density at radius 2 is 2.25 bits per heavy atom. The molecular formula is C17H17ClN4O2. The molecule has 3 aromatic heterocycles. The summed E-state index contributed by atoms with van der Waals surface area (Å²) in [5, 5.41) is 3.41. The Bertz CT molecular complexity index is 891. The van der Waals surface area contributed by atoms with E-state index in [2.05, 4.69) is 15.3 Å². The number of carbonyl (C=O) groups excluding carboxylic acids is 1. The zero-order valence-electron chi connectivity index (χ0n) is 13.4. The van der Waals surface area contributed by atoms with Gasteiger partial charge in [-0.05, 0) is 37.6 Å². The minimum absolute atomic E-state index is 0.214. The summed E-state index contributed by atoms with van der Waals surface area (Å²) < 4.78 is 7.31. The van der Waals surface area contributed by atoms with Gasteiger partial charge in [-0.2, -0.15) is 0 Å². The zero-order chi connectivity index (χ0) is 17.1. The largest absolute Gasteiger partial charge is 0.490 e. The van der Waals surface area contributed by atoms with Crippen LogP contribution in [0.25, 0.3) is 5.65 Å². The summed E-state index contributed by atoms with van der Waals surface area (Å²) in [6, 6.07) is 5.44. The Kier molecular flexibility index (Phi) is 4.66. The van der Waals surface area contributed by atoms with E-state index >= 15 is 0 Å². The van der Waals surface area contributed by atoms with E-state index in [1.54, 1.807) is 36.0 Å². The fraction of sp³-hybridized carbons (Fsp3) is 0.235. The highest BCUT2D eigenvalue weighted by Crippen LogP contribution is 2.22. The third kappa shape index (κ3) is 3.19. The monoisotopic (exact) mass is 344 g/mol. The Morgan fingerprint density at radius 1 is 1.42 bits per heavy atom. The van der Waals surface area contributed by atoms with Crippen molar-refractivity contribution in [2.24, 2.45) is 0 Å². The van der Waals surface area contributed by atoms with Crippen LogP contribution >= 0.6 is 11.6 Å². The van der Waals surface area contributed by atoms with Crippen molar-refractivity contribution in [3.63, 3.8) is 0 Å². The Hall–Kier alpha value is -2.60. The molecule has 0 bridgehead atoms. The lowest BCUT2D eigenvalue weighted by molar-refractivity contribution is 0.0944. The van der Waals surface area contributed by atoms with Gasteiger partial charge in [0.25, 0.3) is 5.91 Å². The predicted molar refractivity (Wildman–Crippen MR) is 91.5 cm³/mol. The van der Waals surface area contributed by atoms with E-state index in [4.69, 9.17) is 16.3 Å². The molecule has 0 radical (unpaired) electrons. The summed E-state index contributed by atoms with van der Waals surface area (Å²) in [5.41, 5.74) is 2.59. The summed E-state index contributed by atoms with van der Waals surface area (Å²) >= 11 is 5.91. The standard InChI is InChI=1S/C17H17ClN4O2/c1-3-24-14-5-4-6-22-15(11(2)21-16(14)22)17(23)20-9-12-7-13(18)10-19-8-12/h4-8,10H,3,9H2,1-2H3,(H,20,23). The number of halogens is 1. The van der Waals surface area contributed by atoms with Gasteiger partial charge in [-0.3, -0.25) is 14.2 Å². The first-order valence-electron chi connectivity index (χ1n) is 7.58. The van der Waals surface area contributed by atoms with Gasteiger partial charge in [-0.25, -0.2) is 4.98 Å². The minimum atomic E-state index is -0.214. The summed E-state index contributed by atoms with van der Waals surface area (Å²) in [6.07, 6.45) is 5.02. The molecule has 0 saturated heterocycles. The molecule has 0 unspecified atom stereocenters. The molecule has 3 aromatic rings. The molecular weight excluding hydrogens is 328 g/mol. The molecule has 0 aromatic carbocycles. The fourth-order valence-electron chi connectivity index (χ4n) is 2.52. The average Bonchev–Trinajstić information content (AvgIpc) is 2.90. The van der Waals surface area contributed by atoms with Crippen LogP contribution in [0, 0.1) is 6.92 Å². The van der Waals surface area contributed by atoms with Crippen LogP contribution in [-0.2, 0) is 6.54 Å². The highest BCUT2D eigenvalue weighted by atomic mass is 35.5. The number of aryl methyl sites for hydroxylation is 1. The maximum Gasteiger partial charge on any atom is 0.270 e. The molecule has 1 amide bonds. The number of nitrogens with zero attached hydrogens (tertiary/aromatic N) is 3. The van der Waals surface area contributed by atoms with Crippen LogP contribution in [0.3, 0.4) is 0 Å². The van der Waals surface area contributed by atoms with Gasteiger partial charge in [0.2, 0.25) is 0 Å². The Morgan fingerprint density at radius 3 is 3.00 bits per heavy atom. The molecule has 0 aliphatic heterocycles. The lowest BCUT2D eigenvalue weighted by Crippen LogP contribution is -2.25. The minimum Gasteiger partial charge on any atom is -0.490 e. The van der Waals surface area contributed by atoms with Crippen LogP contribution in [0.15, 0.2) is 36.8 Å². The number of carbonyl (C=O) groups is 1. The summed E-state index contributed by atoms with van der Waals surface area (Å²) in [6.45, 7) is 4.59. The van der Waals surface area contributed by atoms with Gasteiger partial charge in [0, 0.05) is 25.1 Å². The van der Waals surface area contributed by atoms with Crippen molar-refractivity contribution in [2.75, 3.05) is 6.61 Å². The third-order valence-corrected chi connectivity index (χ3v) is 3.72. The number of nitrogens with one attached hydrogen (secondary N) is 1. The summed E-state index contributed by atoms with van der Waals surface area (Å²) in [5.74, 6) is 0.440. The van der Waals surface area contributed by atoms with Crippen molar-refractivity contribution in [2.45, 2.75) is 20.4 Å². The van der Waals surface area contributed by atoms with Crippen molar-refractivity contribution in [1.29, 1.82) is 0 Å². The normalized spacial score (nSPS) is 10.8. The predicted octanol–water partition coefficient (Wildman–Crippen LogP) is 3.02. The van der Waals surface area contributed by atoms with Gasteiger partial charge in [0.05, 0.1) is 17.3 Å². The second-order valence-corrected chi connectivity index (χ2v) is 5.68. The molecule has 24 heavy (non-hydrogen) atoms. The van der Waals surface area contributed by atoms with Gasteiger partial charge >= 0.3 is 0 Å². The SMILES string of the molecule is CCOc1cccn2c(C(=O)NCc3cncc(Cl)c3)c(C)nc12. The highest BCUT2D eigenvalue weighted by Gasteiger charge is 2.18. The van der Waals surface area contributed by atoms with Gasteiger partial charge < -0.3 is 10.1 Å². The number of rotatable bonds is 5. The lowest BCUT2D eigenvalue weighted by atomic mass is 10.2. The van der Waals surface area contributed by atoms with Crippen LogP contribution in [0.1, 0.15) is 28.7 Å². The first kappa shape index (κ1) is 16.3. The number of fused-ring (bicyclic) bond motifs is 1. The van der Waals surface area contributed by atoms with E-state index < -0.39 is 0 Å². The number of pyridine rings is 2. The molecule has 124 valence electrons. The first-order valence-corrected chi connectivity index (χ1v) is 7.96. The third-order valence-electron chi connectivity index (χ3n) is 3.52. The maximum atomic E-state index is 12.6. The molecule has 0 fully saturated rings. The number of ether oxygens (including phenoxy) is 1. The number of hydrogen-bond acceptors (Lipinski definition) is 4. The number of hydrogen-bond donors (Lipinski definition) is 1. The molecule has 7 heteroatoms. The zero-order valence-corrected chi connectivity index (χ0v) is 14.2. The molecule has 0 saturated carbocycles. The van der Waals surface area contributed by atoms with E-state index in [0.29, 0.717) is 41.0 Å². The van der Waals surface area contributed by atoms with E-state index in [1.165, 1.54) is 0 Å². The second kappa shape index (κ2) is 6.88. The van der Waals surface area contributed by atoms with Crippen LogP contribution in [-0.4, -0.2) is 26.9 Å². The smallest absolute Gasteiger partial charge is 0.270 e. The molecule has 0 atom stereocenters. The molecule has 3 rings (SSSR count). The second-order valence-electron chi connectivity index (χ2n) is 5.24. The van der Waals surface area contributed by atoms with E-state index in [0.717, 1.165) is 5.56 Å². The van der Waals surface area contributed by atoms with Crippen molar-refractivity contribution in [1.82, 2.24) is 19.7 Å². The Labute approximate surface area is 144 Å². The summed E-state index contributed by atoms with van der Waals surface area (Å²) in [7, 11) is 0. The molecule has 6 nitrogen and oxygen atoms in total. The molecule has 1 N–H and O–H groups in total. The van der Waals surface area contributed by atoms with E-state index in [1.807, 2.05) is 19.1 Å². The highest BCUT2D eigenvalue weighted by molar-refractivity contribution is 6.30. The van der Waals surface area contributed by atoms with Crippen molar-refractivity contribution < 1.29 is 9.53 Å². The van der Waals surface area contributed by atoms with Crippen LogP contribution in [0.4, 0.5) is 0 Å². The first-order chi connectivity index (χ1) is 11.6. The molecule has 0 aliphatic carbocycles. The molecule has 0 aliphatic rings. The summed E-state index contributed by atoms with van der Waals surface area (Å²) in [4.78, 5) is 21.1. The van der Waals surface area contributed by atoms with E-state index in [9.17, 15) is 4.79 Å². The van der Waals surface area contributed by atoms with Gasteiger partial charge in [-0.15, -0.1) is 0 Å². The van der Waals surface area contributed by atoms with Crippen molar-refractivity contribution in [3.05, 3.63) is 58.8 Å². The van der Waals surface area contributed by atoms with Crippen molar-refractivity contribution in [3.8, 4) is 5.75 Å². The maximum absolute atomic E-state index is 12.6. The Balaban J connectivity index is 1.87. The van der Waals surface area contributed by atoms with Crippen LogP contribution in [0.2, 0.25) is 5.02 Å². The van der Waals surface area contributed by atoms with E-state index in [-0.39, 0.29) is 5.91 Å². The van der Waals surface area contributed by atoms with Gasteiger partial charge in [0.1, 0.15) is 5.69 Å². The molecule has 3 heterocycles. The number of aromatic nitrogens is 3. The number of amides is 1. The average molecular weight is 345 g/mol. The van der Waals surface area contributed by atoms with Crippen LogP contribution < -0.4 is 10.1 Å². The van der Waals surface area contributed by atoms with Gasteiger partial charge in [-0.1, -0.05) is 11.6 Å². The lowest BCUT2D eigenvalue weighted by Gasteiger charge is -2.07. The molecule has 0 spiro atoms. The number of imidazole rings is 1. The van der Waals surface area contributed by atoms with Gasteiger partial charge in [0.15, 0.2) is 11.4 Å². The van der Waals surface area contributed by atoms with Crippen LogP contribution in [0.5, 0.6) is 5.75 Å². The topological polar surface area (TPSA) is 68.5 Å².